The van der Waals surface area contributed by atoms with Crippen LogP contribution in [0.15, 0.2) is 18.2 Å². The number of aliphatic hydroxyl groups excluding tert-OH is 1. The minimum atomic E-state index is -0.496. The van der Waals surface area contributed by atoms with Crippen LogP contribution in [0.3, 0.4) is 0 Å². The van der Waals surface area contributed by atoms with Gasteiger partial charge in [0.2, 0.25) is 0 Å². The fraction of sp³-hybridized carbons (Fsp3) is 0.500. The van der Waals surface area contributed by atoms with Crippen molar-refractivity contribution in [3.8, 4) is 0 Å². The molecule has 0 fully saturated rings. The van der Waals surface area contributed by atoms with E-state index in [1.54, 1.807) is 12.1 Å². The average molecular weight is 263 g/mol. The summed E-state index contributed by atoms with van der Waals surface area (Å²) in [7, 11) is 0. The van der Waals surface area contributed by atoms with E-state index in [-0.39, 0.29) is 0 Å². The molecule has 0 spiro atoms. The van der Waals surface area contributed by atoms with Gasteiger partial charge in [0, 0.05) is 13.0 Å². The smallest absolute Gasteiger partial charge is 0.0813 e. The topological polar surface area (TPSA) is 29.5 Å². The molecule has 0 amide bonds. The molecule has 16 heavy (non-hydrogen) atoms. The van der Waals surface area contributed by atoms with E-state index in [4.69, 9.17) is 27.9 Å². The Hall–Kier alpha value is -0.280. The van der Waals surface area contributed by atoms with Crippen molar-refractivity contribution in [3.05, 3.63) is 33.8 Å². The van der Waals surface area contributed by atoms with Crippen molar-refractivity contribution in [1.82, 2.24) is 0 Å². The number of hydrogen-bond donors (Lipinski definition) is 1. The fourth-order valence-electron chi connectivity index (χ4n) is 1.36. The lowest BCUT2D eigenvalue weighted by Crippen LogP contribution is -2.18. The summed E-state index contributed by atoms with van der Waals surface area (Å²) < 4.78 is 5.26. The summed E-state index contributed by atoms with van der Waals surface area (Å²) in [5.74, 6) is 0. The van der Waals surface area contributed by atoms with Crippen LogP contribution in [0, 0.1) is 0 Å². The molecule has 1 rings (SSSR count). The van der Waals surface area contributed by atoms with Crippen molar-refractivity contribution in [2.75, 3.05) is 13.2 Å². The molecule has 2 nitrogen and oxygen atoms in total. The lowest BCUT2D eigenvalue weighted by Gasteiger charge is -2.11. The Labute approximate surface area is 106 Å². The number of benzene rings is 1. The second-order valence-corrected chi connectivity index (χ2v) is 4.50. The zero-order chi connectivity index (χ0) is 12.0. The zero-order valence-corrected chi connectivity index (χ0v) is 10.8. The second kappa shape index (κ2) is 7.13. The number of aliphatic hydroxyl groups is 1. The van der Waals surface area contributed by atoms with Gasteiger partial charge in [-0.05, 0) is 24.1 Å². The molecule has 0 aromatic heterocycles. The summed E-state index contributed by atoms with van der Waals surface area (Å²) in [6.07, 6.45) is 0.990. The van der Waals surface area contributed by atoms with E-state index < -0.39 is 6.10 Å². The molecule has 1 N–H and O–H groups in total. The van der Waals surface area contributed by atoms with Crippen LogP contribution in [0.5, 0.6) is 0 Å². The molecule has 0 aliphatic rings. The van der Waals surface area contributed by atoms with E-state index in [1.165, 1.54) is 0 Å². The van der Waals surface area contributed by atoms with Crippen LogP contribution in [0.25, 0.3) is 0 Å². The highest BCUT2D eigenvalue weighted by molar-refractivity contribution is 6.42. The lowest BCUT2D eigenvalue weighted by molar-refractivity contribution is 0.0374. The van der Waals surface area contributed by atoms with E-state index in [0.717, 1.165) is 12.0 Å². The van der Waals surface area contributed by atoms with Crippen molar-refractivity contribution < 1.29 is 9.84 Å². The summed E-state index contributed by atoms with van der Waals surface area (Å²) in [4.78, 5) is 0. The molecule has 0 saturated carbocycles. The monoisotopic (exact) mass is 262 g/mol. The van der Waals surface area contributed by atoms with Crippen molar-refractivity contribution >= 4 is 23.2 Å². The summed E-state index contributed by atoms with van der Waals surface area (Å²) in [6, 6.07) is 5.36. The quantitative estimate of drug-likeness (QED) is 0.798. The Bertz CT molecular complexity index is 329. The lowest BCUT2D eigenvalue weighted by atomic mass is 10.1. The molecule has 1 unspecified atom stereocenters. The van der Waals surface area contributed by atoms with Crippen LogP contribution in [-0.4, -0.2) is 24.4 Å². The molecule has 4 heteroatoms. The Balaban J connectivity index is 2.43. The predicted octanol–water partition coefficient (Wildman–Crippen LogP) is 3.32. The largest absolute Gasteiger partial charge is 0.390 e. The van der Waals surface area contributed by atoms with Crippen LogP contribution in [0.4, 0.5) is 0 Å². The highest BCUT2D eigenvalue weighted by atomic mass is 35.5. The van der Waals surface area contributed by atoms with Gasteiger partial charge in [-0.1, -0.05) is 36.2 Å². The molecule has 1 aromatic rings. The maximum Gasteiger partial charge on any atom is 0.0813 e. The Morgan fingerprint density at radius 3 is 2.69 bits per heavy atom. The first-order valence-corrected chi connectivity index (χ1v) is 6.08. The molecule has 0 saturated heterocycles. The van der Waals surface area contributed by atoms with Crippen molar-refractivity contribution in [3.63, 3.8) is 0 Å². The zero-order valence-electron chi connectivity index (χ0n) is 9.25. The van der Waals surface area contributed by atoms with Gasteiger partial charge in [0.15, 0.2) is 0 Å². The maximum atomic E-state index is 9.69. The normalized spacial score (nSPS) is 12.8. The standard InChI is InChI=1S/C12H16Cl2O2/c1-2-5-16-8-10(15)6-9-3-4-11(13)12(14)7-9/h3-4,7,10,15H,2,5-6,8H2,1H3. The SMILES string of the molecule is CCCOCC(O)Cc1ccc(Cl)c(Cl)c1. The fourth-order valence-corrected chi connectivity index (χ4v) is 1.68. The second-order valence-electron chi connectivity index (χ2n) is 3.68. The highest BCUT2D eigenvalue weighted by Gasteiger charge is 2.07. The third kappa shape index (κ3) is 4.71. The number of ether oxygens (including phenoxy) is 1. The van der Waals surface area contributed by atoms with Gasteiger partial charge in [-0.2, -0.15) is 0 Å². The number of halogens is 2. The molecule has 1 atom stereocenters. The molecule has 0 aliphatic heterocycles. The molecular formula is C12H16Cl2O2. The first kappa shape index (κ1) is 13.8. The maximum absolute atomic E-state index is 9.69. The van der Waals surface area contributed by atoms with E-state index in [1.807, 2.05) is 13.0 Å². The molecular weight excluding hydrogens is 247 g/mol. The molecule has 0 radical (unpaired) electrons. The molecule has 90 valence electrons. The summed E-state index contributed by atoms with van der Waals surface area (Å²) in [5.41, 5.74) is 0.960. The van der Waals surface area contributed by atoms with Crippen molar-refractivity contribution in [2.45, 2.75) is 25.9 Å². The van der Waals surface area contributed by atoms with Crippen molar-refractivity contribution in [1.29, 1.82) is 0 Å². The molecule has 1 aromatic carbocycles. The number of rotatable bonds is 6. The van der Waals surface area contributed by atoms with Crippen molar-refractivity contribution in [2.24, 2.45) is 0 Å². The van der Waals surface area contributed by atoms with E-state index in [2.05, 4.69) is 0 Å². The van der Waals surface area contributed by atoms with Gasteiger partial charge < -0.3 is 9.84 Å². The molecule has 0 bridgehead atoms. The van der Waals surface area contributed by atoms with E-state index in [0.29, 0.717) is 29.7 Å². The first-order valence-electron chi connectivity index (χ1n) is 5.33. The van der Waals surface area contributed by atoms with Crippen LogP contribution >= 0.6 is 23.2 Å². The molecule has 0 aliphatic carbocycles. The minimum absolute atomic E-state index is 0.355. The Kier molecular flexibility index (Phi) is 6.14. The number of hydrogen-bond acceptors (Lipinski definition) is 2. The van der Waals surface area contributed by atoms with Gasteiger partial charge in [0.1, 0.15) is 0 Å². The summed E-state index contributed by atoms with van der Waals surface area (Å²) in [6.45, 7) is 3.07. The van der Waals surface area contributed by atoms with Gasteiger partial charge in [0.25, 0.3) is 0 Å². The van der Waals surface area contributed by atoms with Crippen LogP contribution < -0.4 is 0 Å². The Morgan fingerprint density at radius 2 is 2.06 bits per heavy atom. The highest BCUT2D eigenvalue weighted by Crippen LogP contribution is 2.23. The average Bonchev–Trinajstić information content (AvgIpc) is 2.24. The van der Waals surface area contributed by atoms with Crippen LogP contribution in [0.1, 0.15) is 18.9 Å². The minimum Gasteiger partial charge on any atom is -0.390 e. The van der Waals surface area contributed by atoms with Gasteiger partial charge in [-0.15, -0.1) is 0 Å². The van der Waals surface area contributed by atoms with Gasteiger partial charge >= 0.3 is 0 Å². The van der Waals surface area contributed by atoms with Gasteiger partial charge in [0.05, 0.1) is 22.8 Å². The van der Waals surface area contributed by atoms with E-state index in [9.17, 15) is 5.11 Å². The summed E-state index contributed by atoms with van der Waals surface area (Å²) >= 11 is 11.7. The van der Waals surface area contributed by atoms with Crippen LogP contribution in [0.2, 0.25) is 10.0 Å². The predicted molar refractivity (Wildman–Crippen MR) is 67.3 cm³/mol. The van der Waals surface area contributed by atoms with Crippen LogP contribution in [-0.2, 0) is 11.2 Å². The Morgan fingerprint density at radius 1 is 1.31 bits per heavy atom. The molecule has 0 heterocycles. The van der Waals surface area contributed by atoms with Gasteiger partial charge in [-0.3, -0.25) is 0 Å². The third-order valence-corrected chi connectivity index (χ3v) is 2.85. The summed E-state index contributed by atoms with van der Waals surface area (Å²) in [5, 5.41) is 10.7. The van der Waals surface area contributed by atoms with E-state index >= 15 is 0 Å². The first-order chi connectivity index (χ1) is 7.63. The van der Waals surface area contributed by atoms with Gasteiger partial charge in [-0.25, -0.2) is 0 Å². The third-order valence-electron chi connectivity index (χ3n) is 2.11.